The number of hydrogen-bond donors (Lipinski definition) is 0. The van der Waals surface area contributed by atoms with Gasteiger partial charge in [-0.2, -0.15) is 5.26 Å². The van der Waals surface area contributed by atoms with Crippen LogP contribution >= 0.6 is 11.8 Å². The number of nitriles is 1. The van der Waals surface area contributed by atoms with Crippen molar-refractivity contribution in [3.63, 3.8) is 0 Å². The van der Waals surface area contributed by atoms with E-state index in [9.17, 15) is 4.79 Å². The summed E-state index contributed by atoms with van der Waals surface area (Å²) in [6.07, 6.45) is 1.94. The lowest BCUT2D eigenvalue weighted by atomic mass is 10.3. The minimum atomic E-state index is -0.255. The van der Waals surface area contributed by atoms with Gasteiger partial charge in [0.2, 0.25) is 0 Å². The quantitative estimate of drug-likeness (QED) is 0.591. The average molecular weight is 236 g/mol. The van der Waals surface area contributed by atoms with Gasteiger partial charge in [0.15, 0.2) is 0 Å². The fourth-order valence-corrected chi connectivity index (χ4v) is 2.08. The molecule has 1 aromatic heterocycles. The van der Waals surface area contributed by atoms with Crippen molar-refractivity contribution < 1.29 is 9.53 Å². The topological polar surface area (TPSA) is 63.0 Å². The van der Waals surface area contributed by atoms with E-state index in [2.05, 4.69) is 15.8 Å². The third kappa shape index (κ3) is 3.55. The van der Waals surface area contributed by atoms with Gasteiger partial charge in [-0.3, -0.25) is 4.79 Å². The summed E-state index contributed by atoms with van der Waals surface area (Å²) in [6, 6.07) is 5.49. The Bertz CT molecular complexity index is 415. The number of carbonyl (C=O) groups excluding carboxylic acids is 1. The van der Waals surface area contributed by atoms with Gasteiger partial charge in [-0.1, -0.05) is 6.92 Å². The van der Waals surface area contributed by atoms with Gasteiger partial charge >= 0.3 is 5.97 Å². The maximum Gasteiger partial charge on any atom is 0.306 e. The van der Waals surface area contributed by atoms with E-state index in [4.69, 9.17) is 5.26 Å². The molecular weight excluding hydrogens is 224 g/mol. The minimum Gasteiger partial charge on any atom is -0.469 e. The summed E-state index contributed by atoms with van der Waals surface area (Å²) in [5.74, 6) is -0.255. The number of carbonyl (C=O) groups is 1. The van der Waals surface area contributed by atoms with E-state index < -0.39 is 0 Å². The number of rotatable bonds is 4. The predicted molar refractivity (Wildman–Crippen MR) is 60.9 cm³/mol. The van der Waals surface area contributed by atoms with E-state index in [-0.39, 0.29) is 11.2 Å². The van der Waals surface area contributed by atoms with Crippen LogP contribution in [0.1, 0.15) is 18.9 Å². The van der Waals surface area contributed by atoms with Gasteiger partial charge in [-0.25, -0.2) is 4.98 Å². The number of hydrogen-bond acceptors (Lipinski definition) is 5. The third-order valence-electron chi connectivity index (χ3n) is 1.89. The van der Waals surface area contributed by atoms with Crippen LogP contribution in [0.2, 0.25) is 0 Å². The first-order valence-corrected chi connectivity index (χ1v) is 5.64. The Labute approximate surface area is 98.6 Å². The Balaban J connectivity index is 2.66. The molecule has 0 radical (unpaired) electrons. The maximum absolute atomic E-state index is 11.0. The number of esters is 1. The summed E-state index contributed by atoms with van der Waals surface area (Å²) in [6.45, 7) is 1.90. The van der Waals surface area contributed by atoms with E-state index in [1.54, 1.807) is 18.3 Å². The molecule has 84 valence electrons. The molecular formula is C11H12N2O2S. The molecule has 0 N–H and O–H groups in total. The highest BCUT2D eigenvalue weighted by Crippen LogP contribution is 2.25. The second-order valence-corrected chi connectivity index (χ2v) is 4.60. The van der Waals surface area contributed by atoms with Gasteiger partial charge in [0.1, 0.15) is 11.1 Å². The molecule has 0 aliphatic rings. The zero-order valence-electron chi connectivity index (χ0n) is 9.14. The monoisotopic (exact) mass is 236 g/mol. The van der Waals surface area contributed by atoms with Crippen molar-refractivity contribution in [3.05, 3.63) is 23.9 Å². The van der Waals surface area contributed by atoms with E-state index in [1.807, 2.05) is 6.92 Å². The van der Waals surface area contributed by atoms with Crippen LogP contribution in [-0.2, 0) is 9.53 Å². The maximum atomic E-state index is 11.0. The largest absolute Gasteiger partial charge is 0.469 e. The summed E-state index contributed by atoms with van der Waals surface area (Å²) in [5, 5.41) is 9.56. The molecule has 0 fully saturated rings. The standard InChI is InChI=1S/C11H12N2O2S/c1-8(6-10(14)15-2)16-11-9(7-12)4-3-5-13-11/h3-5,8H,6H2,1-2H3. The number of aromatic nitrogens is 1. The fraction of sp³-hybridized carbons (Fsp3) is 0.364. The zero-order chi connectivity index (χ0) is 12.0. The summed E-state index contributed by atoms with van der Waals surface area (Å²) in [4.78, 5) is 15.2. The lowest BCUT2D eigenvalue weighted by molar-refractivity contribution is -0.140. The predicted octanol–water partition coefficient (Wildman–Crippen LogP) is 2.00. The summed E-state index contributed by atoms with van der Waals surface area (Å²) >= 11 is 1.40. The first-order chi connectivity index (χ1) is 7.67. The van der Waals surface area contributed by atoms with Crippen LogP contribution in [-0.4, -0.2) is 23.3 Å². The van der Waals surface area contributed by atoms with Gasteiger partial charge in [0.25, 0.3) is 0 Å². The Morgan fingerprint density at radius 1 is 1.75 bits per heavy atom. The molecule has 1 rings (SSSR count). The SMILES string of the molecule is COC(=O)CC(C)Sc1ncccc1C#N. The molecule has 0 aromatic carbocycles. The second kappa shape index (κ2) is 6.13. The molecule has 1 heterocycles. The third-order valence-corrected chi connectivity index (χ3v) is 3.00. The number of pyridine rings is 1. The van der Waals surface area contributed by atoms with Gasteiger partial charge in [0.05, 0.1) is 19.1 Å². The second-order valence-electron chi connectivity index (χ2n) is 3.18. The smallest absolute Gasteiger partial charge is 0.306 e. The van der Waals surface area contributed by atoms with Crippen molar-refractivity contribution in [1.82, 2.24) is 4.98 Å². The molecule has 1 atom stereocenters. The average Bonchev–Trinajstić information content (AvgIpc) is 2.29. The van der Waals surface area contributed by atoms with Gasteiger partial charge < -0.3 is 4.74 Å². The highest BCUT2D eigenvalue weighted by Gasteiger charge is 2.13. The van der Waals surface area contributed by atoms with Crippen molar-refractivity contribution in [2.75, 3.05) is 7.11 Å². The first-order valence-electron chi connectivity index (χ1n) is 4.76. The highest BCUT2D eigenvalue weighted by molar-refractivity contribution is 7.99. The highest BCUT2D eigenvalue weighted by atomic mass is 32.2. The van der Waals surface area contributed by atoms with Crippen molar-refractivity contribution in [1.29, 1.82) is 5.26 Å². The van der Waals surface area contributed by atoms with Crippen LogP contribution in [0.4, 0.5) is 0 Å². The first kappa shape index (κ1) is 12.5. The van der Waals surface area contributed by atoms with Crippen molar-refractivity contribution in [2.45, 2.75) is 23.6 Å². The Kier molecular flexibility index (Phi) is 4.80. The minimum absolute atomic E-state index is 0.0365. The van der Waals surface area contributed by atoms with Crippen molar-refractivity contribution in [2.24, 2.45) is 0 Å². The van der Waals surface area contributed by atoms with Crippen LogP contribution < -0.4 is 0 Å². The molecule has 0 saturated heterocycles. The number of ether oxygens (including phenoxy) is 1. The van der Waals surface area contributed by atoms with Crippen LogP contribution in [0, 0.1) is 11.3 Å². The summed E-state index contributed by atoms with van der Waals surface area (Å²) < 4.78 is 4.58. The molecule has 0 spiro atoms. The Hall–Kier alpha value is -1.54. The summed E-state index contributed by atoms with van der Waals surface area (Å²) in [7, 11) is 1.36. The van der Waals surface area contributed by atoms with Gasteiger partial charge in [0, 0.05) is 11.4 Å². The molecule has 0 saturated carbocycles. The number of thioether (sulfide) groups is 1. The number of methoxy groups -OCH3 is 1. The molecule has 0 amide bonds. The molecule has 1 aromatic rings. The normalized spacial score (nSPS) is 11.6. The van der Waals surface area contributed by atoms with Crippen LogP contribution in [0.15, 0.2) is 23.4 Å². The van der Waals surface area contributed by atoms with Crippen LogP contribution in [0.5, 0.6) is 0 Å². The molecule has 0 aliphatic heterocycles. The van der Waals surface area contributed by atoms with E-state index in [0.717, 1.165) is 0 Å². The zero-order valence-corrected chi connectivity index (χ0v) is 9.95. The molecule has 16 heavy (non-hydrogen) atoms. The Morgan fingerprint density at radius 3 is 3.12 bits per heavy atom. The van der Waals surface area contributed by atoms with E-state index in [0.29, 0.717) is 17.0 Å². The van der Waals surface area contributed by atoms with E-state index >= 15 is 0 Å². The lowest BCUT2D eigenvalue weighted by Gasteiger charge is -2.09. The number of nitrogens with zero attached hydrogens (tertiary/aromatic N) is 2. The molecule has 0 aliphatic carbocycles. The molecule has 0 bridgehead atoms. The van der Waals surface area contributed by atoms with Crippen LogP contribution in [0.3, 0.4) is 0 Å². The van der Waals surface area contributed by atoms with Crippen LogP contribution in [0.25, 0.3) is 0 Å². The van der Waals surface area contributed by atoms with E-state index in [1.165, 1.54) is 18.9 Å². The lowest BCUT2D eigenvalue weighted by Crippen LogP contribution is -2.08. The van der Waals surface area contributed by atoms with Gasteiger partial charge in [-0.15, -0.1) is 11.8 Å². The summed E-state index contributed by atoms with van der Waals surface area (Å²) in [5.41, 5.74) is 0.532. The fourth-order valence-electron chi connectivity index (χ4n) is 1.12. The molecule has 4 nitrogen and oxygen atoms in total. The Morgan fingerprint density at radius 2 is 2.50 bits per heavy atom. The van der Waals surface area contributed by atoms with Crippen molar-refractivity contribution in [3.8, 4) is 6.07 Å². The van der Waals surface area contributed by atoms with Crippen molar-refractivity contribution >= 4 is 17.7 Å². The van der Waals surface area contributed by atoms with Gasteiger partial charge in [-0.05, 0) is 12.1 Å². The molecule has 5 heteroatoms. The molecule has 1 unspecified atom stereocenters.